The van der Waals surface area contributed by atoms with Crippen LogP contribution in [0.5, 0.6) is 11.5 Å². The standard InChI is InChI=1S/C49H60N4O5/c1-3-5-7-11-37(42(54)12-8-6-4-2)44(56)18-13-32-14-20-45-46(27-32)58-48-40(49(24-26-57-45)22-9-10-23-49)17-19-43(55)35-15-16-36-34(21-25-51-47(36)50)38(35)28-33-29-52-41-31-53(48)30-39(33)41/h14-16,20,27,29-30,37,40,42-43,47-48,51,54-55H,3-13,18,21-23,25,28,31,50H2,1-2H3/p+1. The van der Waals surface area contributed by atoms with E-state index in [1.54, 1.807) is 0 Å². The number of hydrogen-bond acceptors (Lipinski definition) is 8. The third kappa shape index (κ3) is 8.31. The fourth-order valence-electron chi connectivity index (χ4n) is 10.3. The van der Waals surface area contributed by atoms with Crippen molar-refractivity contribution in [2.75, 3.05) is 13.1 Å². The highest BCUT2D eigenvalue weighted by molar-refractivity contribution is 6.08. The molecule has 1 saturated carbocycles. The number of benzene rings is 2. The fraction of sp³-hybridized carbons (Fsp3) is 0.551. The van der Waals surface area contributed by atoms with Gasteiger partial charge in [-0.3, -0.25) is 20.0 Å². The highest BCUT2D eigenvalue weighted by Gasteiger charge is 2.51. The third-order valence-corrected chi connectivity index (χ3v) is 13.6. The molecule has 6 N–H and O–H groups in total. The number of aliphatic hydroxyl groups is 2. The van der Waals surface area contributed by atoms with Crippen molar-refractivity contribution >= 4 is 11.5 Å². The number of Topliss-reactive ketones (excluding diaryl/α,β-unsaturated/α-hetero) is 1. The molecular formula is C49H61N4O5+. The summed E-state index contributed by atoms with van der Waals surface area (Å²) in [5.74, 6) is 11.1. The van der Waals surface area contributed by atoms with Gasteiger partial charge in [0.2, 0.25) is 0 Å². The van der Waals surface area contributed by atoms with Gasteiger partial charge >= 0.3 is 0 Å². The number of ether oxygens (including phenoxy) is 2. The normalized spacial score (nSPS) is 25.9. The minimum absolute atomic E-state index is 0.133. The second-order valence-electron chi connectivity index (χ2n) is 17.4. The van der Waals surface area contributed by atoms with Gasteiger partial charge in [-0.2, -0.15) is 0 Å². The molecule has 58 heavy (non-hydrogen) atoms. The molecule has 2 aromatic carbocycles. The Balaban J connectivity index is 1.13. The van der Waals surface area contributed by atoms with Crippen LogP contribution in [-0.2, 0) is 24.1 Å². The number of nitrogens with two attached hydrogens (primary N) is 1. The summed E-state index contributed by atoms with van der Waals surface area (Å²) < 4.78 is 13.4. The molecule has 0 aromatic heterocycles. The summed E-state index contributed by atoms with van der Waals surface area (Å²) in [7, 11) is 0. The minimum atomic E-state index is -1.01. The smallest absolute Gasteiger partial charge is 0.252 e. The average molecular weight is 786 g/mol. The van der Waals surface area contributed by atoms with Crippen molar-refractivity contribution in [3.63, 3.8) is 0 Å². The van der Waals surface area contributed by atoms with E-state index in [-0.39, 0.29) is 23.8 Å². The lowest BCUT2D eigenvalue weighted by atomic mass is 9.73. The van der Waals surface area contributed by atoms with Crippen molar-refractivity contribution in [2.24, 2.45) is 28.0 Å². The van der Waals surface area contributed by atoms with E-state index in [0.717, 1.165) is 128 Å². The maximum Gasteiger partial charge on any atom is 0.252 e. The monoisotopic (exact) mass is 785 g/mol. The van der Waals surface area contributed by atoms with Gasteiger partial charge in [0.25, 0.3) is 6.23 Å². The molecule has 7 atom stereocenters. The summed E-state index contributed by atoms with van der Waals surface area (Å²) in [5.41, 5.74) is 14.5. The summed E-state index contributed by atoms with van der Waals surface area (Å²) in [5, 5.41) is 26.5. The molecule has 1 spiro atoms. The lowest BCUT2D eigenvalue weighted by Crippen LogP contribution is -3.13. The quantitative estimate of drug-likeness (QED) is 0.123. The number of unbranched alkanes of at least 4 members (excludes halogenated alkanes) is 4. The van der Waals surface area contributed by atoms with Gasteiger partial charge in [-0.1, -0.05) is 101 Å². The van der Waals surface area contributed by atoms with Gasteiger partial charge in [0, 0.05) is 31.5 Å². The number of aliphatic hydroxyl groups excluding tert-OH is 2. The number of fused-ring (bicyclic) bond motifs is 8. The maximum atomic E-state index is 13.8. The van der Waals surface area contributed by atoms with E-state index in [2.05, 4.69) is 49.2 Å². The number of allylic oxidation sites excluding steroid dienone is 1. The number of nitrogens with zero attached hydrogens (tertiary/aromatic N) is 1. The van der Waals surface area contributed by atoms with E-state index in [4.69, 9.17) is 20.2 Å². The first-order valence-electron chi connectivity index (χ1n) is 22.1. The van der Waals surface area contributed by atoms with E-state index in [1.807, 2.05) is 36.5 Å². The van der Waals surface area contributed by atoms with E-state index < -0.39 is 23.9 Å². The van der Waals surface area contributed by atoms with Crippen LogP contribution in [0.4, 0.5) is 0 Å². The van der Waals surface area contributed by atoms with Gasteiger partial charge in [0.1, 0.15) is 42.4 Å². The zero-order chi connectivity index (χ0) is 40.2. The number of carbonyl (C=O) groups is 1. The third-order valence-electron chi connectivity index (χ3n) is 13.6. The van der Waals surface area contributed by atoms with Crippen molar-refractivity contribution in [3.05, 3.63) is 81.7 Å². The van der Waals surface area contributed by atoms with E-state index in [1.165, 1.54) is 5.56 Å². The van der Waals surface area contributed by atoms with Crippen LogP contribution in [0, 0.1) is 41.1 Å². The van der Waals surface area contributed by atoms with Gasteiger partial charge < -0.3 is 25.4 Å². The van der Waals surface area contributed by atoms with Gasteiger partial charge in [-0.15, -0.1) is 0 Å². The van der Waals surface area contributed by atoms with E-state index in [0.29, 0.717) is 43.7 Å². The Labute approximate surface area is 344 Å². The topological polar surface area (TPSA) is 131 Å². The van der Waals surface area contributed by atoms with E-state index >= 15 is 0 Å². The molecule has 1 aliphatic carbocycles. The Kier molecular flexibility index (Phi) is 12.6. The van der Waals surface area contributed by atoms with Crippen molar-refractivity contribution in [2.45, 2.75) is 141 Å². The van der Waals surface area contributed by atoms with Crippen molar-refractivity contribution in [1.29, 1.82) is 0 Å². The Hall–Kier alpha value is -4.22. The largest absolute Gasteiger partial charge is 0.437 e. The van der Waals surface area contributed by atoms with Gasteiger partial charge in [0.15, 0.2) is 11.5 Å². The molecule has 6 aliphatic rings. The number of ketones is 1. The molecule has 5 aliphatic heterocycles. The maximum absolute atomic E-state index is 13.8. The Morgan fingerprint density at radius 1 is 1.03 bits per heavy atom. The van der Waals surface area contributed by atoms with Crippen LogP contribution >= 0.6 is 0 Å². The number of rotatable bonds is 13. The molecule has 9 nitrogen and oxygen atoms in total. The number of aliphatic imine (C=N–C) groups is 1. The summed E-state index contributed by atoms with van der Waals surface area (Å²) in [6, 6.07) is 9.96. The van der Waals surface area contributed by atoms with Gasteiger partial charge in [-0.25, -0.2) is 0 Å². The highest BCUT2D eigenvalue weighted by Crippen LogP contribution is 2.47. The lowest BCUT2D eigenvalue weighted by Gasteiger charge is -2.36. The zero-order valence-electron chi connectivity index (χ0n) is 34.4. The summed E-state index contributed by atoms with van der Waals surface area (Å²) >= 11 is 0. The summed E-state index contributed by atoms with van der Waals surface area (Å²) in [6.45, 7) is 5.74. The first-order chi connectivity index (χ1) is 28.3. The molecule has 0 radical (unpaired) electrons. The zero-order valence-corrected chi connectivity index (χ0v) is 34.4. The second kappa shape index (κ2) is 18.0. The molecule has 8 rings (SSSR count). The van der Waals surface area contributed by atoms with Gasteiger partial charge in [0.05, 0.1) is 23.3 Å². The van der Waals surface area contributed by atoms with Crippen molar-refractivity contribution in [1.82, 2.24) is 5.32 Å². The van der Waals surface area contributed by atoms with Crippen LogP contribution in [0.2, 0.25) is 0 Å². The predicted molar refractivity (Wildman–Crippen MR) is 226 cm³/mol. The molecule has 2 aromatic rings. The molecule has 1 fully saturated rings. The number of quaternary nitrogens is 1. The Morgan fingerprint density at radius 2 is 1.83 bits per heavy atom. The van der Waals surface area contributed by atoms with E-state index in [9.17, 15) is 15.0 Å². The first kappa shape index (κ1) is 40.6. The number of hydrogen-bond donors (Lipinski definition) is 5. The molecule has 0 amide bonds. The van der Waals surface area contributed by atoms with Crippen molar-refractivity contribution < 1.29 is 29.4 Å². The highest BCUT2D eigenvalue weighted by atomic mass is 16.5. The van der Waals surface area contributed by atoms with Crippen LogP contribution < -0.4 is 25.4 Å². The van der Waals surface area contributed by atoms with Crippen molar-refractivity contribution in [3.8, 4) is 35.4 Å². The van der Waals surface area contributed by atoms with Crippen LogP contribution in [0.25, 0.3) is 0 Å². The molecular weight excluding hydrogens is 725 g/mol. The number of nitrogens with one attached hydrogen (secondary N) is 2. The van der Waals surface area contributed by atoms with Gasteiger partial charge in [-0.05, 0) is 84.0 Å². The molecule has 2 bridgehead atoms. The molecule has 5 heterocycles. The molecule has 7 unspecified atom stereocenters. The summed E-state index contributed by atoms with van der Waals surface area (Å²) in [6.07, 6.45) is 18.7. The average Bonchev–Trinajstić information content (AvgIpc) is 3.97. The number of aryl methyl sites for hydroxylation is 1. The minimum Gasteiger partial charge on any atom is -0.437 e. The predicted octanol–water partition coefficient (Wildman–Crippen LogP) is 6.08. The fourth-order valence-corrected chi connectivity index (χ4v) is 10.3. The number of carbonyl (C=O) groups excluding carboxylic acids is 1. The SMILES string of the molecule is CCCCCC(O)C(CCCCC)C(=O)CCc1ccc2c(c1)OC1C(C#CC(O)c3ccc4c(c3CC3=CN=C5C[NH+]1C=C35)CCNC4N)C1(C#CO2)CCCC1. The molecule has 0 saturated heterocycles. The van der Waals surface area contributed by atoms with Crippen LogP contribution in [0.15, 0.2) is 58.9 Å². The first-order valence-corrected chi connectivity index (χ1v) is 22.1. The molecule has 306 valence electrons. The Morgan fingerprint density at radius 3 is 2.64 bits per heavy atom. The van der Waals surface area contributed by atoms with Crippen LogP contribution in [0.3, 0.4) is 0 Å². The molecule has 9 heteroatoms. The lowest BCUT2D eigenvalue weighted by molar-refractivity contribution is -0.888. The van der Waals surface area contributed by atoms with Crippen LogP contribution in [0.1, 0.15) is 137 Å². The summed E-state index contributed by atoms with van der Waals surface area (Å²) in [4.78, 5) is 19.8. The van der Waals surface area contributed by atoms with Crippen LogP contribution in [-0.4, -0.2) is 47.1 Å². The Bertz CT molecular complexity index is 2090. The second-order valence-corrected chi connectivity index (χ2v) is 17.4.